The Hall–Kier alpha value is -0.790. The van der Waals surface area contributed by atoms with Crippen LogP contribution >= 0.6 is 0 Å². The zero-order valence-corrected chi connectivity index (χ0v) is 7.76. The first-order valence-electron chi connectivity index (χ1n) is 4.06. The first-order chi connectivity index (χ1) is 5.08. The van der Waals surface area contributed by atoms with Gasteiger partial charge in [0.05, 0.1) is 0 Å². The summed E-state index contributed by atoms with van der Waals surface area (Å²) in [6.07, 6.45) is 3.00. The predicted molar refractivity (Wildman–Crippen MR) is 46.5 cm³/mol. The van der Waals surface area contributed by atoms with E-state index >= 15 is 0 Å². The van der Waals surface area contributed by atoms with Crippen molar-refractivity contribution >= 4 is 0 Å². The minimum atomic E-state index is 0.255. The lowest BCUT2D eigenvalue weighted by molar-refractivity contribution is 0.461. The Bertz CT molecular complexity index is 235. The molecule has 0 amide bonds. The minimum absolute atomic E-state index is 0.255. The molecule has 0 atom stereocenters. The standard InChI is InChI=1S/C9H16N2/c1-5-9(2,3)8-6-7-10-11(8)4/h6-7H,5H2,1-4H3. The van der Waals surface area contributed by atoms with Crippen LogP contribution in [0, 0.1) is 0 Å². The van der Waals surface area contributed by atoms with Crippen LogP contribution in [-0.4, -0.2) is 9.78 Å². The summed E-state index contributed by atoms with van der Waals surface area (Å²) in [6, 6.07) is 2.09. The first kappa shape index (κ1) is 8.31. The molecule has 2 nitrogen and oxygen atoms in total. The molecule has 0 bridgehead atoms. The molecule has 0 fully saturated rings. The number of rotatable bonds is 2. The smallest absolute Gasteiger partial charge is 0.0492 e. The van der Waals surface area contributed by atoms with Crippen molar-refractivity contribution in [2.75, 3.05) is 0 Å². The number of aryl methyl sites for hydroxylation is 1. The molecule has 0 saturated carbocycles. The van der Waals surface area contributed by atoms with Gasteiger partial charge >= 0.3 is 0 Å². The molecule has 0 N–H and O–H groups in total. The lowest BCUT2D eigenvalue weighted by atomic mass is 9.86. The van der Waals surface area contributed by atoms with E-state index in [1.807, 2.05) is 17.9 Å². The summed E-state index contributed by atoms with van der Waals surface area (Å²) in [5.74, 6) is 0. The molecular formula is C9H16N2. The Morgan fingerprint density at radius 2 is 2.18 bits per heavy atom. The van der Waals surface area contributed by atoms with Gasteiger partial charge in [-0.2, -0.15) is 5.10 Å². The van der Waals surface area contributed by atoms with Gasteiger partial charge in [-0.15, -0.1) is 0 Å². The van der Waals surface area contributed by atoms with Crippen LogP contribution in [0.15, 0.2) is 12.3 Å². The van der Waals surface area contributed by atoms with Crippen molar-refractivity contribution in [3.8, 4) is 0 Å². The highest BCUT2D eigenvalue weighted by atomic mass is 15.3. The topological polar surface area (TPSA) is 17.8 Å². The summed E-state index contributed by atoms with van der Waals surface area (Å²) in [6.45, 7) is 6.68. The van der Waals surface area contributed by atoms with E-state index < -0.39 is 0 Å². The van der Waals surface area contributed by atoms with E-state index in [4.69, 9.17) is 0 Å². The number of hydrogen-bond acceptors (Lipinski definition) is 1. The van der Waals surface area contributed by atoms with Crippen molar-refractivity contribution in [2.45, 2.75) is 32.6 Å². The minimum Gasteiger partial charge on any atom is -0.272 e. The molecule has 0 radical (unpaired) electrons. The van der Waals surface area contributed by atoms with Crippen molar-refractivity contribution in [2.24, 2.45) is 7.05 Å². The highest BCUT2D eigenvalue weighted by Crippen LogP contribution is 2.25. The van der Waals surface area contributed by atoms with E-state index in [2.05, 4.69) is 31.9 Å². The molecule has 2 heteroatoms. The van der Waals surface area contributed by atoms with Gasteiger partial charge in [-0.05, 0) is 12.5 Å². The average Bonchev–Trinajstić information content (AvgIpc) is 2.36. The summed E-state index contributed by atoms with van der Waals surface area (Å²) in [5.41, 5.74) is 1.56. The summed E-state index contributed by atoms with van der Waals surface area (Å²) < 4.78 is 1.95. The molecule has 0 aliphatic rings. The van der Waals surface area contributed by atoms with Crippen LogP contribution in [-0.2, 0) is 12.5 Å². The van der Waals surface area contributed by atoms with Gasteiger partial charge in [-0.3, -0.25) is 4.68 Å². The second kappa shape index (κ2) is 2.68. The quantitative estimate of drug-likeness (QED) is 0.634. The molecular weight excluding hydrogens is 136 g/mol. The van der Waals surface area contributed by atoms with E-state index in [0.29, 0.717) is 0 Å². The van der Waals surface area contributed by atoms with Gasteiger partial charge in [0.25, 0.3) is 0 Å². The van der Waals surface area contributed by atoms with Crippen molar-refractivity contribution < 1.29 is 0 Å². The molecule has 62 valence electrons. The predicted octanol–water partition coefficient (Wildman–Crippen LogP) is 2.11. The van der Waals surface area contributed by atoms with Crippen LogP contribution in [0.2, 0.25) is 0 Å². The second-order valence-corrected chi connectivity index (χ2v) is 3.58. The third kappa shape index (κ3) is 1.44. The molecule has 0 aromatic carbocycles. The van der Waals surface area contributed by atoms with E-state index in [1.54, 1.807) is 0 Å². The molecule has 0 unspecified atom stereocenters. The van der Waals surface area contributed by atoms with E-state index in [-0.39, 0.29) is 5.41 Å². The Balaban J connectivity index is 3.00. The maximum atomic E-state index is 4.15. The number of aromatic nitrogens is 2. The van der Waals surface area contributed by atoms with Gasteiger partial charge in [0.1, 0.15) is 0 Å². The molecule has 1 aromatic heterocycles. The van der Waals surface area contributed by atoms with E-state index in [9.17, 15) is 0 Å². The van der Waals surface area contributed by atoms with E-state index in [1.165, 1.54) is 5.69 Å². The van der Waals surface area contributed by atoms with Gasteiger partial charge < -0.3 is 0 Å². The number of hydrogen-bond donors (Lipinski definition) is 0. The summed E-state index contributed by atoms with van der Waals surface area (Å²) >= 11 is 0. The van der Waals surface area contributed by atoms with Crippen molar-refractivity contribution in [3.63, 3.8) is 0 Å². The lowest BCUT2D eigenvalue weighted by Gasteiger charge is -2.22. The summed E-state index contributed by atoms with van der Waals surface area (Å²) in [5, 5.41) is 4.15. The lowest BCUT2D eigenvalue weighted by Crippen LogP contribution is -2.19. The Kier molecular flexibility index (Phi) is 2.03. The summed E-state index contributed by atoms with van der Waals surface area (Å²) in [7, 11) is 1.99. The normalized spacial score (nSPS) is 12.0. The number of nitrogens with zero attached hydrogens (tertiary/aromatic N) is 2. The van der Waals surface area contributed by atoms with Gasteiger partial charge in [0, 0.05) is 24.4 Å². The monoisotopic (exact) mass is 152 g/mol. The zero-order chi connectivity index (χ0) is 8.48. The van der Waals surface area contributed by atoms with Crippen LogP contribution in [0.3, 0.4) is 0 Å². The Morgan fingerprint density at radius 3 is 2.55 bits per heavy atom. The SMILES string of the molecule is CCC(C)(C)c1ccnn1C. The third-order valence-corrected chi connectivity index (χ3v) is 2.40. The highest BCUT2D eigenvalue weighted by Gasteiger charge is 2.20. The molecule has 1 rings (SSSR count). The fraction of sp³-hybridized carbons (Fsp3) is 0.667. The van der Waals surface area contributed by atoms with Crippen molar-refractivity contribution in [1.29, 1.82) is 0 Å². The highest BCUT2D eigenvalue weighted by molar-refractivity contribution is 5.12. The van der Waals surface area contributed by atoms with Crippen molar-refractivity contribution in [1.82, 2.24) is 9.78 Å². The first-order valence-corrected chi connectivity index (χ1v) is 4.06. The average molecular weight is 152 g/mol. The fourth-order valence-corrected chi connectivity index (χ4v) is 1.22. The second-order valence-electron chi connectivity index (χ2n) is 3.58. The maximum absolute atomic E-state index is 4.15. The molecule has 0 aliphatic heterocycles. The van der Waals surface area contributed by atoms with Gasteiger partial charge in [-0.1, -0.05) is 20.8 Å². The van der Waals surface area contributed by atoms with Crippen LogP contribution in [0.4, 0.5) is 0 Å². The Labute approximate surface area is 68.2 Å². The zero-order valence-electron chi connectivity index (χ0n) is 7.76. The van der Waals surface area contributed by atoms with Gasteiger partial charge in [0.2, 0.25) is 0 Å². The molecule has 0 spiro atoms. The van der Waals surface area contributed by atoms with Crippen molar-refractivity contribution in [3.05, 3.63) is 18.0 Å². The van der Waals surface area contributed by atoms with Crippen LogP contribution in [0.1, 0.15) is 32.9 Å². The summed E-state index contributed by atoms with van der Waals surface area (Å²) in [4.78, 5) is 0. The molecule has 0 aliphatic carbocycles. The van der Waals surface area contributed by atoms with Crippen LogP contribution in [0.25, 0.3) is 0 Å². The largest absolute Gasteiger partial charge is 0.272 e. The fourth-order valence-electron chi connectivity index (χ4n) is 1.22. The maximum Gasteiger partial charge on any atom is 0.0492 e. The van der Waals surface area contributed by atoms with Gasteiger partial charge in [-0.25, -0.2) is 0 Å². The molecule has 0 saturated heterocycles. The van der Waals surface area contributed by atoms with Gasteiger partial charge in [0.15, 0.2) is 0 Å². The van der Waals surface area contributed by atoms with E-state index in [0.717, 1.165) is 6.42 Å². The third-order valence-electron chi connectivity index (χ3n) is 2.40. The van der Waals surface area contributed by atoms with Crippen LogP contribution in [0.5, 0.6) is 0 Å². The van der Waals surface area contributed by atoms with Crippen LogP contribution < -0.4 is 0 Å². The molecule has 1 aromatic rings. The molecule has 11 heavy (non-hydrogen) atoms. The molecule has 1 heterocycles. The Morgan fingerprint density at radius 1 is 1.55 bits per heavy atom.